The van der Waals surface area contributed by atoms with Crippen molar-refractivity contribution >= 4 is 11.6 Å². The van der Waals surface area contributed by atoms with Gasteiger partial charge in [-0.05, 0) is 49.8 Å². The van der Waals surface area contributed by atoms with E-state index in [2.05, 4.69) is 38.2 Å². The van der Waals surface area contributed by atoms with Crippen molar-refractivity contribution in [3.05, 3.63) is 34.9 Å². The quantitative estimate of drug-likeness (QED) is 0.829. The van der Waals surface area contributed by atoms with Gasteiger partial charge >= 0.3 is 0 Å². The molecule has 0 bridgehead atoms. The lowest BCUT2D eigenvalue weighted by Crippen LogP contribution is -2.35. The Bertz CT molecular complexity index is 354. The highest BCUT2D eigenvalue weighted by molar-refractivity contribution is 6.30. The van der Waals surface area contributed by atoms with Crippen LogP contribution in [0.1, 0.15) is 45.2 Å². The van der Waals surface area contributed by atoms with Gasteiger partial charge in [-0.25, -0.2) is 0 Å². The second-order valence-corrected chi connectivity index (χ2v) is 5.75. The monoisotopic (exact) mass is 237 g/mol. The molecule has 1 nitrogen and oxygen atoms in total. The number of rotatable bonds is 4. The Morgan fingerprint density at radius 3 is 2.25 bits per heavy atom. The maximum atomic E-state index is 5.88. The standard InChI is InChI=1S/C14H20ClN/c1-10(12-4-6-13(15)7-5-12)16-11(2)14(3)8-9-14/h4-7,10-11,16H,8-9H2,1-3H3/t10-,11?/m0/s1. The minimum Gasteiger partial charge on any atom is -0.307 e. The first kappa shape index (κ1) is 11.9. The predicted molar refractivity (Wildman–Crippen MR) is 69.8 cm³/mol. The van der Waals surface area contributed by atoms with Crippen LogP contribution in [-0.2, 0) is 0 Å². The summed E-state index contributed by atoms with van der Waals surface area (Å²) in [6, 6.07) is 9.09. The molecule has 2 rings (SSSR count). The van der Waals surface area contributed by atoms with Gasteiger partial charge in [0, 0.05) is 17.1 Å². The zero-order valence-corrected chi connectivity index (χ0v) is 11.0. The van der Waals surface area contributed by atoms with Crippen molar-refractivity contribution in [2.45, 2.75) is 45.7 Å². The van der Waals surface area contributed by atoms with E-state index < -0.39 is 0 Å². The topological polar surface area (TPSA) is 12.0 Å². The van der Waals surface area contributed by atoms with Crippen molar-refractivity contribution in [2.75, 3.05) is 0 Å². The number of hydrogen-bond donors (Lipinski definition) is 1. The van der Waals surface area contributed by atoms with Gasteiger partial charge in [-0.15, -0.1) is 0 Å². The number of nitrogens with one attached hydrogen (secondary N) is 1. The van der Waals surface area contributed by atoms with Crippen LogP contribution < -0.4 is 5.32 Å². The van der Waals surface area contributed by atoms with Crippen LogP contribution in [-0.4, -0.2) is 6.04 Å². The van der Waals surface area contributed by atoms with Gasteiger partial charge in [0.25, 0.3) is 0 Å². The highest BCUT2D eigenvalue weighted by atomic mass is 35.5. The highest BCUT2D eigenvalue weighted by Gasteiger charge is 2.42. The van der Waals surface area contributed by atoms with Crippen molar-refractivity contribution in [1.82, 2.24) is 5.32 Å². The molecule has 0 amide bonds. The summed E-state index contributed by atoms with van der Waals surface area (Å²) < 4.78 is 0. The fourth-order valence-corrected chi connectivity index (χ4v) is 2.18. The van der Waals surface area contributed by atoms with Crippen LogP contribution in [0.3, 0.4) is 0 Å². The van der Waals surface area contributed by atoms with Crippen LogP contribution in [0.4, 0.5) is 0 Å². The fraction of sp³-hybridized carbons (Fsp3) is 0.571. The largest absolute Gasteiger partial charge is 0.307 e. The number of benzene rings is 1. The summed E-state index contributed by atoms with van der Waals surface area (Å²) in [7, 11) is 0. The van der Waals surface area contributed by atoms with E-state index in [0.717, 1.165) is 5.02 Å². The average molecular weight is 238 g/mol. The second kappa shape index (κ2) is 4.38. The van der Waals surface area contributed by atoms with E-state index in [0.29, 0.717) is 17.5 Å². The van der Waals surface area contributed by atoms with Crippen LogP contribution in [0.5, 0.6) is 0 Å². The van der Waals surface area contributed by atoms with E-state index in [4.69, 9.17) is 11.6 Å². The molecule has 2 atom stereocenters. The zero-order valence-electron chi connectivity index (χ0n) is 10.3. The van der Waals surface area contributed by atoms with Crippen molar-refractivity contribution in [3.8, 4) is 0 Å². The van der Waals surface area contributed by atoms with Crippen LogP contribution in [0.2, 0.25) is 5.02 Å². The lowest BCUT2D eigenvalue weighted by molar-refractivity contribution is 0.350. The number of halogens is 1. The van der Waals surface area contributed by atoms with Crippen LogP contribution >= 0.6 is 11.6 Å². The normalized spacial score (nSPS) is 21.5. The maximum Gasteiger partial charge on any atom is 0.0406 e. The SMILES string of the molecule is CC(N[C@@H](C)c1ccc(Cl)cc1)C1(C)CC1. The van der Waals surface area contributed by atoms with Crippen molar-refractivity contribution < 1.29 is 0 Å². The Hall–Kier alpha value is -0.530. The van der Waals surface area contributed by atoms with Crippen LogP contribution in [0, 0.1) is 5.41 Å². The summed E-state index contributed by atoms with van der Waals surface area (Å²) in [5, 5.41) is 4.48. The van der Waals surface area contributed by atoms with E-state index >= 15 is 0 Å². The molecule has 1 aliphatic carbocycles. The molecule has 0 spiro atoms. The molecule has 1 fully saturated rings. The minimum atomic E-state index is 0.393. The lowest BCUT2D eigenvalue weighted by atomic mass is 9.98. The molecule has 0 aliphatic heterocycles. The summed E-state index contributed by atoms with van der Waals surface area (Å²) in [6.45, 7) is 6.87. The third kappa shape index (κ3) is 2.58. The van der Waals surface area contributed by atoms with Gasteiger partial charge in [-0.3, -0.25) is 0 Å². The molecule has 88 valence electrons. The molecular weight excluding hydrogens is 218 g/mol. The summed E-state index contributed by atoms with van der Waals surface area (Å²) in [6.07, 6.45) is 2.71. The molecule has 2 heteroatoms. The molecule has 16 heavy (non-hydrogen) atoms. The third-order valence-corrected chi connectivity index (χ3v) is 4.21. The van der Waals surface area contributed by atoms with E-state index in [1.165, 1.54) is 18.4 Å². The van der Waals surface area contributed by atoms with Crippen LogP contribution in [0.15, 0.2) is 24.3 Å². The van der Waals surface area contributed by atoms with Gasteiger partial charge in [0.1, 0.15) is 0 Å². The van der Waals surface area contributed by atoms with Crippen molar-refractivity contribution in [3.63, 3.8) is 0 Å². The molecule has 1 N–H and O–H groups in total. The summed E-state index contributed by atoms with van der Waals surface area (Å²) in [5.41, 5.74) is 1.83. The first-order chi connectivity index (χ1) is 7.51. The number of hydrogen-bond acceptors (Lipinski definition) is 1. The predicted octanol–water partition coefficient (Wildman–Crippen LogP) is 4.18. The maximum absolute atomic E-state index is 5.88. The molecule has 0 saturated heterocycles. The van der Waals surface area contributed by atoms with Gasteiger partial charge in [-0.2, -0.15) is 0 Å². The average Bonchev–Trinajstić information content (AvgIpc) is 2.99. The van der Waals surface area contributed by atoms with Gasteiger partial charge in [-0.1, -0.05) is 30.7 Å². The van der Waals surface area contributed by atoms with Gasteiger partial charge < -0.3 is 5.32 Å². The summed E-state index contributed by atoms with van der Waals surface area (Å²) >= 11 is 5.88. The zero-order chi connectivity index (χ0) is 11.8. The fourth-order valence-electron chi connectivity index (χ4n) is 2.05. The molecule has 0 radical (unpaired) electrons. The van der Waals surface area contributed by atoms with Gasteiger partial charge in [0.2, 0.25) is 0 Å². The van der Waals surface area contributed by atoms with Crippen molar-refractivity contribution in [1.29, 1.82) is 0 Å². The van der Waals surface area contributed by atoms with Crippen LogP contribution in [0.25, 0.3) is 0 Å². The Labute approximate surface area is 103 Å². The second-order valence-electron chi connectivity index (χ2n) is 5.32. The van der Waals surface area contributed by atoms with E-state index in [1.807, 2.05) is 12.1 Å². The lowest BCUT2D eigenvalue weighted by Gasteiger charge is -2.25. The highest BCUT2D eigenvalue weighted by Crippen LogP contribution is 2.48. The van der Waals surface area contributed by atoms with E-state index in [9.17, 15) is 0 Å². The van der Waals surface area contributed by atoms with E-state index in [1.54, 1.807) is 0 Å². The first-order valence-electron chi connectivity index (χ1n) is 6.03. The molecule has 1 saturated carbocycles. The Kier molecular flexibility index (Phi) is 3.27. The van der Waals surface area contributed by atoms with E-state index in [-0.39, 0.29) is 0 Å². The molecule has 1 aliphatic rings. The van der Waals surface area contributed by atoms with Gasteiger partial charge in [0.05, 0.1) is 0 Å². The smallest absolute Gasteiger partial charge is 0.0406 e. The molecule has 1 aromatic carbocycles. The molecule has 1 unspecified atom stereocenters. The minimum absolute atomic E-state index is 0.393. The van der Waals surface area contributed by atoms with Gasteiger partial charge in [0.15, 0.2) is 0 Å². The molecular formula is C14H20ClN. The molecule has 0 aromatic heterocycles. The van der Waals surface area contributed by atoms with Crippen molar-refractivity contribution in [2.24, 2.45) is 5.41 Å². The molecule has 0 heterocycles. The Morgan fingerprint density at radius 1 is 1.19 bits per heavy atom. The Morgan fingerprint density at radius 2 is 1.75 bits per heavy atom. The summed E-state index contributed by atoms with van der Waals surface area (Å²) in [5.74, 6) is 0. The molecule has 1 aromatic rings. The first-order valence-corrected chi connectivity index (χ1v) is 6.40. The summed E-state index contributed by atoms with van der Waals surface area (Å²) in [4.78, 5) is 0. The third-order valence-electron chi connectivity index (χ3n) is 3.95. The Balaban J connectivity index is 1.97.